The molecule has 1 N–H and O–H groups in total. The van der Waals surface area contributed by atoms with Gasteiger partial charge in [-0.15, -0.1) is 12.4 Å². The number of carbonyl (C=O) groups is 1. The molecule has 0 aliphatic carbocycles. The number of fused-ring (bicyclic) bond motifs is 3. The third-order valence-corrected chi connectivity index (χ3v) is 6.94. The second kappa shape index (κ2) is 11.7. The maximum atomic E-state index is 13.5. The molecule has 1 aliphatic rings. The Bertz CT molecular complexity index is 1490. The van der Waals surface area contributed by atoms with Crippen molar-refractivity contribution >= 4 is 62.9 Å². The van der Waals surface area contributed by atoms with E-state index in [4.69, 9.17) is 11.6 Å². The van der Waals surface area contributed by atoms with Crippen molar-refractivity contribution < 1.29 is 13.6 Å². The average Bonchev–Trinajstić information content (AvgIpc) is 3.18. The molecule has 10 heteroatoms. The van der Waals surface area contributed by atoms with Gasteiger partial charge in [0, 0.05) is 54.3 Å². The number of nitrogens with one attached hydrogen (secondary N) is 1. The number of pyridine rings is 1. The summed E-state index contributed by atoms with van der Waals surface area (Å²) >= 11 is 9.53. The Morgan fingerprint density at radius 3 is 2.76 bits per heavy atom. The molecule has 2 aromatic carbocycles. The Balaban J connectivity index is 0.00000320. The van der Waals surface area contributed by atoms with E-state index in [9.17, 15) is 13.6 Å². The van der Waals surface area contributed by atoms with Gasteiger partial charge in [0.05, 0.1) is 5.52 Å². The van der Waals surface area contributed by atoms with Crippen LogP contribution in [0.1, 0.15) is 22.4 Å². The zero-order valence-corrected chi connectivity index (χ0v) is 22.7. The summed E-state index contributed by atoms with van der Waals surface area (Å²) < 4.78 is 29.4. The largest absolute Gasteiger partial charge is 0.333 e. The van der Waals surface area contributed by atoms with Gasteiger partial charge in [0.15, 0.2) is 11.6 Å². The molecule has 3 heterocycles. The Kier molecular flexibility index (Phi) is 8.64. The lowest BCUT2D eigenvalue weighted by atomic mass is 10.0. The van der Waals surface area contributed by atoms with Crippen molar-refractivity contribution in [2.24, 2.45) is 0 Å². The molecule has 0 spiro atoms. The van der Waals surface area contributed by atoms with Crippen molar-refractivity contribution in [2.45, 2.75) is 19.5 Å². The zero-order chi connectivity index (χ0) is 25.2. The lowest BCUT2D eigenvalue weighted by Gasteiger charge is -2.27. The second-order valence-electron chi connectivity index (χ2n) is 8.63. The summed E-state index contributed by atoms with van der Waals surface area (Å²) in [5.41, 5.74) is 4.44. The van der Waals surface area contributed by atoms with Crippen LogP contribution in [0.4, 0.5) is 13.6 Å². The molecule has 0 saturated heterocycles. The lowest BCUT2D eigenvalue weighted by molar-refractivity contribution is 0.240. The minimum Gasteiger partial charge on any atom is -0.333 e. The van der Waals surface area contributed by atoms with Crippen molar-refractivity contribution in [1.29, 1.82) is 0 Å². The number of halogens is 5. The summed E-state index contributed by atoms with van der Waals surface area (Å²) in [4.78, 5) is 19.5. The predicted molar refractivity (Wildman–Crippen MR) is 148 cm³/mol. The van der Waals surface area contributed by atoms with Gasteiger partial charge in [0.2, 0.25) is 0 Å². The minimum atomic E-state index is -0.858. The van der Waals surface area contributed by atoms with Crippen LogP contribution in [0.2, 0.25) is 5.15 Å². The van der Waals surface area contributed by atoms with Gasteiger partial charge in [-0.2, -0.15) is 0 Å². The van der Waals surface area contributed by atoms with Crippen LogP contribution in [0.15, 0.2) is 65.3 Å². The van der Waals surface area contributed by atoms with Gasteiger partial charge in [-0.05, 0) is 59.2 Å². The van der Waals surface area contributed by atoms with Crippen LogP contribution in [-0.2, 0) is 19.5 Å². The number of aromatic nitrogens is 2. The van der Waals surface area contributed by atoms with E-state index in [1.807, 2.05) is 30.3 Å². The predicted octanol–water partition coefficient (Wildman–Crippen LogP) is 6.98. The SMILES string of the molecule is Cl.O=C(NCc1ccnc(Cl)c1)n1c2c(c3cc(Br)ccc31)CN(C/C=C/c1ccc(F)c(F)c1)CC2. The molecular weight excluding hydrogens is 585 g/mol. The topological polar surface area (TPSA) is 50.2 Å². The van der Waals surface area contributed by atoms with E-state index in [0.29, 0.717) is 36.8 Å². The van der Waals surface area contributed by atoms with Crippen molar-refractivity contribution in [2.75, 3.05) is 13.1 Å². The number of benzene rings is 2. The zero-order valence-electron chi connectivity index (χ0n) is 19.6. The summed E-state index contributed by atoms with van der Waals surface area (Å²) in [5.74, 6) is -1.71. The number of amides is 1. The highest BCUT2D eigenvalue weighted by Gasteiger charge is 2.26. The Labute approximate surface area is 232 Å². The summed E-state index contributed by atoms with van der Waals surface area (Å²) in [7, 11) is 0. The molecule has 5 rings (SSSR count). The van der Waals surface area contributed by atoms with E-state index < -0.39 is 11.6 Å². The quantitative estimate of drug-likeness (QED) is 0.249. The van der Waals surface area contributed by atoms with E-state index in [0.717, 1.165) is 44.8 Å². The fraction of sp³-hybridized carbons (Fsp3) is 0.185. The van der Waals surface area contributed by atoms with Crippen molar-refractivity contribution in [1.82, 2.24) is 19.8 Å². The number of rotatable bonds is 5. The maximum Gasteiger partial charge on any atom is 0.326 e. The monoisotopic (exact) mass is 606 g/mol. The van der Waals surface area contributed by atoms with E-state index >= 15 is 0 Å². The number of hydrogen-bond acceptors (Lipinski definition) is 3. The van der Waals surface area contributed by atoms with Gasteiger partial charge in [-0.1, -0.05) is 45.7 Å². The molecule has 0 unspecified atom stereocenters. The van der Waals surface area contributed by atoms with Crippen molar-refractivity contribution in [3.8, 4) is 0 Å². The summed E-state index contributed by atoms with van der Waals surface area (Å²) in [5, 5.41) is 4.41. The standard InChI is InChI=1S/C27H22BrClF2N4O.ClH/c28-19-4-6-24-20(14-19)21-16-34(10-1-2-17-3-5-22(30)23(31)12-17)11-8-25(21)35(24)27(36)33-15-18-7-9-32-26(29)13-18;/h1-7,9,12-14H,8,10-11,15-16H2,(H,33,36);1H/b2-1+;. The molecule has 0 bridgehead atoms. The molecule has 1 amide bonds. The highest BCUT2D eigenvalue weighted by molar-refractivity contribution is 9.10. The van der Waals surface area contributed by atoms with Gasteiger partial charge < -0.3 is 5.32 Å². The smallest absolute Gasteiger partial charge is 0.326 e. The van der Waals surface area contributed by atoms with Crippen LogP contribution >= 0.6 is 39.9 Å². The molecule has 4 aromatic rings. The molecule has 2 aromatic heterocycles. The molecule has 1 aliphatic heterocycles. The van der Waals surface area contributed by atoms with Crippen LogP contribution in [0, 0.1) is 11.6 Å². The Hall–Kier alpha value is -2.78. The maximum absolute atomic E-state index is 13.5. The van der Waals surface area contributed by atoms with Gasteiger partial charge in [-0.25, -0.2) is 18.6 Å². The third kappa shape index (κ3) is 6.04. The number of hydrogen-bond donors (Lipinski definition) is 1. The molecular formula is C27H23BrCl2F2N4O. The van der Waals surface area contributed by atoms with Gasteiger partial charge >= 0.3 is 6.03 Å². The van der Waals surface area contributed by atoms with Crippen LogP contribution in [0.3, 0.4) is 0 Å². The fourth-order valence-corrected chi connectivity index (χ4v) is 5.10. The molecule has 0 saturated carbocycles. The van der Waals surface area contributed by atoms with Crippen molar-refractivity contribution in [3.05, 3.63) is 104 Å². The molecule has 37 heavy (non-hydrogen) atoms. The molecule has 192 valence electrons. The van der Waals surface area contributed by atoms with E-state index in [1.54, 1.807) is 29.0 Å². The first-order chi connectivity index (χ1) is 17.4. The lowest BCUT2D eigenvalue weighted by Crippen LogP contribution is -2.34. The summed E-state index contributed by atoms with van der Waals surface area (Å²) in [6.07, 6.45) is 6.05. The third-order valence-electron chi connectivity index (χ3n) is 6.24. The van der Waals surface area contributed by atoms with Gasteiger partial charge in [0.1, 0.15) is 5.15 Å². The number of nitrogens with zero attached hydrogens (tertiary/aromatic N) is 3. The highest BCUT2D eigenvalue weighted by atomic mass is 79.9. The summed E-state index contributed by atoms with van der Waals surface area (Å²) in [6.45, 7) is 2.42. The summed E-state index contributed by atoms with van der Waals surface area (Å²) in [6, 6.07) is 13.1. The van der Waals surface area contributed by atoms with Crippen LogP contribution < -0.4 is 5.32 Å². The Morgan fingerprint density at radius 2 is 1.97 bits per heavy atom. The second-order valence-corrected chi connectivity index (χ2v) is 9.93. The molecule has 0 fully saturated rings. The first-order valence-electron chi connectivity index (χ1n) is 11.4. The van der Waals surface area contributed by atoms with E-state index in [2.05, 4.69) is 31.1 Å². The molecule has 0 atom stereocenters. The van der Waals surface area contributed by atoms with Crippen LogP contribution in [-0.4, -0.2) is 33.6 Å². The first kappa shape index (κ1) is 27.3. The minimum absolute atomic E-state index is 0. The first-order valence-corrected chi connectivity index (χ1v) is 12.6. The molecule has 5 nitrogen and oxygen atoms in total. The number of carbonyl (C=O) groups excluding carboxylic acids is 1. The van der Waals surface area contributed by atoms with E-state index in [-0.39, 0.29) is 18.4 Å². The molecule has 0 radical (unpaired) electrons. The fourth-order valence-electron chi connectivity index (χ4n) is 4.54. The Morgan fingerprint density at radius 1 is 1.14 bits per heavy atom. The highest BCUT2D eigenvalue weighted by Crippen LogP contribution is 2.33. The van der Waals surface area contributed by atoms with Crippen LogP contribution in [0.5, 0.6) is 0 Å². The van der Waals surface area contributed by atoms with Crippen molar-refractivity contribution in [3.63, 3.8) is 0 Å². The van der Waals surface area contributed by atoms with E-state index in [1.165, 1.54) is 6.07 Å². The van der Waals surface area contributed by atoms with Crippen LogP contribution in [0.25, 0.3) is 17.0 Å². The average molecular weight is 608 g/mol. The van der Waals surface area contributed by atoms with Gasteiger partial charge in [0.25, 0.3) is 0 Å². The normalized spacial score (nSPS) is 13.5. The van der Waals surface area contributed by atoms with Gasteiger partial charge in [-0.3, -0.25) is 9.47 Å².